The average Bonchev–Trinajstić information content (AvgIpc) is 2.34. The fourth-order valence-corrected chi connectivity index (χ4v) is 2.80. The van der Waals surface area contributed by atoms with Crippen molar-refractivity contribution in [2.75, 3.05) is 0 Å². The number of halogens is 1. The van der Waals surface area contributed by atoms with E-state index in [-0.39, 0.29) is 5.78 Å². The summed E-state index contributed by atoms with van der Waals surface area (Å²) < 4.78 is 0. The largest absolute Gasteiger partial charge is 0.294 e. The van der Waals surface area contributed by atoms with Crippen LogP contribution in [0.4, 0.5) is 0 Å². The molecule has 2 aromatic carbocycles. The van der Waals surface area contributed by atoms with Gasteiger partial charge >= 0.3 is 0 Å². The van der Waals surface area contributed by atoms with Crippen LogP contribution >= 0.6 is 11.6 Å². The smallest absolute Gasteiger partial charge is 0.163 e. The van der Waals surface area contributed by atoms with Gasteiger partial charge in [-0.3, -0.25) is 4.79 Å². The van der Waals surface area contributed by atoms with Crippen molar-refractivity contribution in [3.05, 3.63) is 47.0 Å². The van der Waals surface area contributed by atoms with E-state index in [1.165, 1.54) is 19.3 Å². The molecular formula is C16H15ClO. The van der Waals surface area contributed by atoms with Crippen molar-refractivity contribution in [3.8, 4) is 0 Å². The van der Waals surface area contributed by atoms with E-state index in [1.807, 2.05) is 36.4 Å². The van der Waals surface area contributed by atoms with Crippen LogP contribution in [-0.4, -0.2) is 5.78 Å². The number of carbonyl (C=O) groups is 1. The van der Waals surface area contributed by atoms with Crippen molar-refractivity contribution in [2.24, 2.45) is 5.92 Å². The molecule has 1 aliphatic rings. The first-order valence-electron chi connectivity index (χ1n) is 6.46. The van der Waals surface area contributed by atoms with Gasteiger partial charge in [-0.05, 0) is 23.4 Å². The second-order valence-electron chi connectivity index (χ2n) is 5.06. The minimum absolute atomic E-state index is 0.257. The molecule has 1 saturated carbocycles. The van der Waals surface area contributed by atoms with E-state index in [0.717, 1.165) is 16.3 Å². The number of benzene rings is 2. The third-order valence-electron chi connectivity index (χ3n) is 3.87. The monoisotopic (exact) mass is 258 g/mol. The van der Waals surface area contributed by atoms with Crippen molar-refractivity contribution in [3.63, 3.8) is 0 Å². The lowest BCUT2D eigenvalue weighted by molar-refractivity contribution is 0.0938. The molecule has 2 heteroatoms. The first kappa shape index (κ1) is 11.7. The minimum atomic E-state index is 0.257. The lowest BCUT2D eigenvalue weighted by Gasteiger charge is -2.24. The summed E-state index contributed by atoms with van der Waals surface area (Å²) in [5, 5.41) is 2.67. The molecule has 0 N–H and O–H groups in total. The zero-order valence-electron chi connectivity index (χ0n) is 10.2. The SMILES string of the molecule is O=C(CC1CCC1)c1ccc(Cl)c2ccccc12. The molecule has 2 aromatic rings. The van der Waals surface area contributed by atoms with Crippen molar-refractivity contribution in [1.82, 2.24) is 0 Å². The summed E-state index contributed by atoms with van der Waals surface area (Å²) in [7, 11) is 0. The first-order chi connectivity index (χ1) is 8.75. The normalized spacial score (nSPS) is 15.6. The van der Waals surface area contributed by atoms with Gasteiger partial charge in [-0.2, -0.15) is 0 Å². The Morgan fingerprint density at radius 3 is 2.50 bits per heavy atom. The third-order valence-corrected chi connectivity index (χ3v) is 4.20. The number of hydrogen-bond donors (Lipinski definition) is 0. The number of carbonyl (C=O) groups excluding carboxylic acids is 1. The van der Waals surface area contributed by atoms with Crippen LogP contribution in [0.15, 0.2) is 36.4 Å². The maximum absolute atomic E-state index is 12.3. The summed E-state index contributed by atoms with van der Waals surface area (Å²) in [4.78, 5) is 12.3. The average molecular weight is 259 g/mol. The second kappa shape index (κ2) is 4.74. The molecule has 0 aromatic heterocycles. The highest BCUT2D eigenvalue weighted by Gasteiger charge is 2.22. The van der Waals surface area contributed by atoms with E-state index in [1.54, 1.807) is 0 Å². The first-order valence-corrected chi connectivity index (χ1v) is 6.84. The van der Waals surface area contributed by atoms with Gasteiger partial charge in [-0.15, -0.1) is 0 Å². The molecule has 1 aliphatic carbocycles. The molecule has 0 saturated heterocycles. The maximum atomic E-state index is 12.3. The molecule has 3 rings (SSSR count). The van der Waals surface area contributed by atoms with Crippen molar-refractivity contribution in [2.45, 2.75) is 25.7 Å². The summed E-state index contributed by atoms with van der Waals surface area (Å²) in [6, 6.07) is 11.6. The molecule has 0 bridgehead atoms. The molecule has 0 radical (unpaired) electrons. The van der Waals surface area contributed by atoms with Gasteiger partial charge in [-0.25, -0.2) is 0 Å². The van der Waals surface area contributed by atoms with Crippen LogP contribution in [0.25, 0.3) is 10.8 Å². The van der Waals surface area contributed by atoms with E-state index >= 15 is 0 Å². The Balaban J connectivity index is 2.00. The standard InChI is InChI=1S/C16H15ClO/c17-15-9-8-14(12-6-1-2-7-13(12)15)16(18)10-11-4-3-5-11/h1-2,6-9,11H,3-5,10H2. The number of Topliss-reactive ketones (excluding diaryl/α,β-unsaturated/α-hetero) is 1. The molecule has 0 amide bonds. The third kappa shape index (κ3) is 2.04. The van der Waals surface area contributed by atoms with E-state index in [9.17, 15) is 4.79 Å². The molecule has 0 aliphatic heterocycles. The zero-order valence-corrected chi connectivity index (χ0v) is 10.9. The topological polar surface area (TPSA) is 17.1 Å². The van der Waals surface area contributed by atoms with Crippen LogP contribution in [0.2, 0.25) is 5.02 Å². The van der Waals surface area contributed by atoms with Crippen LogP contribution in [0.3, 0.4) is 0 Å². The van der Waals surface area contributed by atoms with Crippen LogP contribution < -0.4 is 0 Å². The van der Waals surface area contributed by atoms with Crippen LogP contribution in [-0.2, 0) is 0 Å². The number of ketones is 1. The highest BCUT2D eigenvalue weighted by molar-refractivity contribution is 6.36. The maximum Gasteiger partial charge on any atom is 0.163 e. The Kier molecular flexibility index (Phi) is 3.09. The predicted molar refractivity (Wildman–Crippen MR) is 75.2 cm³/mol. The molecule has 0 unspecified atom stereocenters. The predicted octanol–water partition coefficient (Wildman–Crippen LogP) is 4.87. The summed E-state index contributed by atoms with van der Waals surface area (Å²) >= 11 is 6.17. The summed E-state index contributed by atoms with van der Waals surface area (Å²) in [6.45, 7) is 0. The zero-order chi connectivity index (χ0) is 12.5. The van der Waals surface area contributed by atoms with E-state index in [0.29, 0.717) is 17.4 Å². The van der Waals surface area contributed by atoms with Gasteiger partial charge in [0.2, 0.25) is 0 Å². The van der Waals surface area contributed by atoms with Gasteiger partial charge in [0.25, 0.3) is 0 Å². The lowest BCUT2D eigenvalue weighted by atomic mass is 9.80. The van der Waals surface area contributed by atoms with Crippen LogP contribution in [0, 0.1) is 5.92 Å². The summed E-state index contributed by atoms with van der Waals surface area (Å²) in [6.07, 6.45) is 4.37. The number of rotatable bonds is 3. The van der Waals surface area contributed by atoms with Gasteiger partial charge in [0.05, 0.1) is 0 Å². The molecule has 1 fully saturated rings. The molecule has 0 heterocycles. The van der Waals surface area contributed by atoms with Gasteiger partial charge < -0.3 is 0 Å². The van der Waals surface area contributed by atoms with Crippen LogP contribution in [0.1, 0.15) is 36.0 Å². The summed E-state index contributed by atoms with van der Waals surface area (Å²) in [5.41, 5.74) is 0.821. The molecular weight excluding hydrogens is 244 g/mol. The quantitative estimate of drug-likeness (QED) is 0.718. The summed E-state index contributed by atoms with van der Waals surface area (Å²) in [5.74, 6) is 0.861. The molecule has 0 atom stereocenters. The minimum Gasteiger partial charge on any atom is -0.294 e. The van der Waals surface area contributed by atoms with E-state index in [2.05, 4.69) is 0 Å². The number of hydrogen-bond acceptors (Lipinski definition) is 1. The highest BCUT2D eigenvalue weighted by atomic mass is 35.5. The Bertz CT molecular complexity index is 599. The Morgan fingerprint density at radius 1 is 1.11 bits per heavy atom. The molecule has 1 nitrogen and oxygen atoms in total. The van der Waals surface area contributed by atoms with Crippen LogP contribution in [0.5, 0.6) is 0 Å². The van der Waals surface area contributed by atoms with Crippen molar-refractivity contribution in [1.29, 1.82) is 0 Å². The van der Waals surface area contributed by atoms with Gasteiger partial charge in [-0.1, -0.05) is 55.1 Å². The van der Waals surface area contributed by atoms with Crippen molar-refractivity contribution < 1.29 is 4.79 Å². The van der Waals surface area contributed by atoms with Gasteiger partial charge in [0.1, 0.15) is 0 Å². The molecule has 92 valence electrons. The fourth-order valence-electron chi connectivity index (χ4n) is 2.57. The van der Waals surface area contributed by atoms with Crippen molar-refractivity contribution >= 4 is 28.2 Å². The highest BCUT2D eigenvalue weighted by Crippen LogP contribution is 2.33. The Hall–Kier alpha value is -1.34. The lowest BCUT2D eigenvalue weighted by Crippen LogP contribution is -2.16. The van der Waals surface area contributed by atoms with E-state index in [4.69, 9.17) is 11.6 Å². The number of fused-ring (bicyclic) bond motifs is 1. The molecule has 0 spiro atoms. The molecule has 18 heavy (non-hydrogen) atoms. The second-order valence-corrected chi connectivity index (χ2v) is 5.47. The Morgan fingerprint density at radius 2 is 1.83 bits per heavy atom. The van der Waals surface area contributed by atoms with E-state index < -0.39 is 0 Å². The van der Waals surface area contributed by atoms with Gasteiger partial charge in [0.15, 0.2) is 5.78 Å². The van der Waals surface area contributed by atoms with Gasteiger partial charge in [0, 0.05) is 22.4 Å². The Labute approximate surface area is 112 Å². The fraction of sp³-hybridized carbons (Fsp3) is 0.312.